The van der Waals surface area contributed by atoms with Crippen LogP contribution in [0.25, 0.3) is 22.0 Å². The lowest BCUT2D eigenvalue weighted by molar-refractivity contribution is 0.0697. The van der Waals surface area contributed by atoms with E-state index >= 15 is 0 Å². The van der Waals surface area contributed by atoms with Crippen LogP contribution in [-0.4, -0.2) is 16.1 Å². The van der Waals surface area contributed by atoms with Crippen LogP contribution in [0, 0.1) is 6.92 Å². The number of carboxylic acids is 1. The first-order chi connectivity index (χ1) is 10.0. The van der Waals surface area contributed by atoms with Crippen LogP contribution in [0.1, 0.15) is 16.1 Å². The largest absolute Gasteiger partial charge is 0.478 e. The summed E-state index contributed by atoms with van der Waals surface area (Å²) in [7, 11) is 0. The highest BCUT2D eigenvalue weighted by molar-refractivity contribution is 6.33. The van der Waals surface area contributed by atoms with Gasteiger partial charge in [0.15, 0.2) is 0 Å². The molecule has 3 aromatic rings. The van der Waals surface area contributed by atoms with Crippen LogP contribution in [0.4, 0.5) is 0 Å². The molecule has 0 atom stereocenters. The van der Waals surface area contributed by atoms with Gasteiger partial charge in [-0.2, -0.15) is 0 Å². The van der Waals surface area contributed by atoms with E-state index in [1.165, 1.54) is 6.07 Å². The smallest absolute Gasteiger partial charge is 0.335 e. The van der Waals surface area contributed by atoms with Crippen LogP contribution in [0.15, 0.2) is 48.5 Å². The van der Waals surface area contributed by atoms with E-state index in [-0.39, 0.29) is 5.56 Å². The lowest BCUT2D eigenvalue weighted by Crippen LogP contribution is -1.96. The Labute approximate surface area is 126 Å². The number of benzene rings is 2. The molecule has 4 heteroatoms. The quantitative estimate of drug-likeness (QED) is 0.754. The van der Waals surface area contributed by atoms with Gasteiger partial charge in [0, 0.05) is 21.7 Å². The van der Waals surface area contributed by atoms with Crippen molar-refractivity contribution in [3.63, 3.8) is 0 Å². The lowest BCUT2D eigenvalue weighted by atomic mass is 10.0. The van der Waals surface area contributed by atoms with Crippen molar-refractivity contribution in [2.45, 2.75) is 6.92 Å². The zero-order valence-electron chi connectivity index (χ0n) is 11.3. The van der Waals surface area contributed by atoms with E-state index in [1.807, 2.05) is 37.3 Å². The fraction of sp³-hybridized carbons (Fsp3) is 0.0588. The first kappa shape index (κ1) is 13.6. The molecule has 104 valence electrons. The molecule has 0 fully saturated rings. The highest BCUT2D eigenvalue weighted by Crippen LogP contribution is 2.30. The molecule has 3 nitrogen and oxygen atoms in total. The van der Waals surface area contributed by atoms with Gasteiger partial charge in [-0.05, 0) is 42.8 Å². The number of halogens is 1. The summed E-state index contributed by atoms with van der Waals surface area (Å²) in [6.45, 7) is 1.95. The Morgan fingerprint density at radius 1 is 1.10 bits per heavy atom. The minimum atomic E-state index is -0.985. The van der Waals surface area contributed by atoms with E-state index in [2.05, 4.69) is 4.98 Å². The van der Waals surface area contributed by atoms with E-state index in [4.69, 9.17) is 16.7 Å². The maximum absolute atomic E-state index is 10.9. The Bertz CT molecular complexity index is 859. The predicted octanol–water partition coefficient (Wildman–Crippen LogP) is 4.56. The fourth-order valence-electron chi connectivity index (χ4n) is 2.28. The third kappa shape index (κ3) is 2.60. The van der Waals surface area contributed by atoms with E-state index in [0.29, 0.717) is 5.02 Å². The average molecular weight is 298 g/mol. The number of hydrogen-bond acceptors (Lipinski definition) is 2. The van der Waals surface area contributed by atoms with Crippen LogP contribution in [0.5, 0.6) is 0 Å². The second-order valence-corrected chi connectivity index (χ2v) is 5.27. The van der Waals surface area contributed by atoms with Gasteiger partial charge in [0.1, 0.15) is 0 Å². The van der Waals surface area contributed by atoms with Crippen LogP contribution in [0.2, 0.25) is 5.02 Å². The van der Waals surface area contributed by atoms with Crippen molar-refractivity contribution in [3.05, 3.63) is 64.8 Å². The van der Waals surface area contributed by atoms with E-state index in [1.54, 1.807) is 12.1 Å². The van der Waals surface area contributed by atoms with Crippen molar-refractivity contribution in [2.75, 3.05) is 0 Å². The Morgan fingerprint density at radius 2 is 1.90 bits per heavy atom. The second kappa shape index (κ2) is 5.19. The molecule has 1 N–H and O–H groups in total. The van der Waals surface area contributed by atoms with Gasteiger partial charge >= 0.3 is 5.97 Å². The summed E-state index contributed by atoms with van der Waals surface area (Å²) in [5, 5.41) is 10.4. The molecule has 0 amide bonds. The molecule has 0 aliphatic rings. The molecular weight excluding hydrogens is 286 g/mol. The highest BCUT2D eigenvalue weighted by Gasteiger charge is 2.09. The van der Waals surface area contributed by atoms with Crippen LogP contribution < -0.4 is 0 Å². The number of rotatable bonds is 2. The Hall–Kier alpha value is -2.39. The molecule has 2 aromatic carbocycles. The zero-order valence-corrected chi connectivity index (χ0v) is 12.1. The maximum atomic E-state index is 10.9. The van der Waals surface area contributed by atoms with Gasteiger partial charge in [-0.25, -0.2) is 4.79 Å². The summed E-state index contributed by atoms with van der Waals surface area (Å²) in [6.07, 6.45) is 0. The summed E-state index contributed by atoms with van der Waals surface area (Å²) in [4.78, 5) is 15.4. The number of aromatic carboxylic acids is 1. The molecule has 0 saturated heterocycles. The minimum Gasteiger partial charge on any atom is -0.478 e. The fourth-order valence-corrected chi connectivity index (χ4v) is 2.57. The first-order valence-corrected chi connectivity index (χ1v) is 6.83. The molecule has 0 saturated carbocycles. The molecule has 0 aliphatic carbocycles. The van der Waals surface area contributed by atoms with Crippen LogP contribution in [-0.2, 0) is 0 Å². The number of aryl methyl sites for hydroxylation is 1. The van der Waals surface area contributed by atoms with Gasteiger partial charge in [0.25, 0.3) is 0 Å². The Balaban J connectivity index is 2.12. The molecule has 0 radical (unpaired) electrons. The molecule has 0 unspecified atom stereocenters. The molecule has 1 aromatic heterocycles. The third-order valence-electron chi connectivity index (χ3n) is 3.36. The highest BCUT2D eigenvalue weighted by atomic mass is 35.5. The zero-order chi connectivity index (χ0) is 15.0. The molecule has 21 heavy (non-hydrogen) atoms. The van der Waals surface area contributed by atoms with Crippen LogP contribution in [0.3, 0.4) is 0 Å². The predicted molar refractivity (Wildman–Crippen MR) is 83.9 cm³/mol. The van der Waals surface area contributed by atoms with Gasteiger partial charge in [-0.3, -0.25) is 4.98 Å². The van der Waals surface area contributed by atoms with E-state index in [0.717, 1.165) is 27.7 Å². The number of aromatic nitrogens is 1. The van der Waals surface area contributed by atoms with Gasteiger partial charge in [0.2, 0.25) is 0 Å². The monoisotopic (exact) mass is 297 g/mol. The standard InChI is InChI=1S/C17H12ClNO2/c1-10-2-3-12-8-11(5-7-16(12)19-10)14-6-4-13(17(20)21)9-15(14)18/h2-9H,1H3,(H,20,21). The van der Waals surface area contributed by atoms with Gasteiger partial charge < -0.3 is 5.11 Å². The Morgan fingerprint density at radius 3 is 2.62 bits per heavy atom. The maximum Gasteiger partial charge on any atom is 0.335 e. The average Bonchev–Trinajstić information content (AvgIpc) is 2.46. The normalized spacial score (nSPS) is 10.8. The molecule has 0 bridgehead atoms. The van der Waals surface area contributed by atoms with Crippen molar-refractivity contribution in [1.29, 1.82) is 0 Å². The number of carboxylic acid groups (broad SMARTS) is 1. The number of fused-ring (bicyclic) bond motifs is 1. The van der Waals surface area contributed by atoms with Crippen molar-refractivity contribution in [1.82, 2.24) is 4.98 Å². The summed E-state index contributed by atoms with van der Waals surface area (Å²) >= 11 is 6.21. The van der Waals surface area contributed by atoms with Gasteiger partial charge in [-0.1, -0.05) is 29.8 Å². The molecule has 0 aliphatic heterocycles. The number of pyridine rings is 1. The number of carbonyl (C=O) groups is 1. The minimum absolute atomic E-state index is 0.182. The van der Waals surface area contributed by atoms with Crippen molar-refractivity contribution < 1.29 is 9.90 Å². The SMILES string of the molecule is Cc1ccc2cc(-c3ccc(C(=O)O)cc3Cl)ccc2n1. The first-order valence-electron chi connectivity index (χ1n) is 6.45. The van der Waals surface area contributed by atoms with E-state index < -0.39 is 5.97 Å². The molecule has 1 heterocycles. The van der Waals surface area contributed by atoms with Crippen molar-refractivity contribution in [3.8, 4) is 11.1 Å². The second-order valence-electron chi connectivity index (χ2n) is 4.86. The van der Waals surface area contributed by atoms with Gasteiger partial charge in [0.05, 0.1) is 11.1 Å². The number of hydrogen-bond donors (Lipinski definition) is 1. The van der Waals surface area contributed by atoms with Crippen molar-refractivity contribution in [2.24, 2.45) is 0 Å². The summed E-state index contributed by atoms with van der Waals surface area (Å²) < 4.78 is 0. The molecular formula is C17H12ClNO2. The van der Waals surface area contributed by atoms with E-state index in [9.17, 15) is 4.79 Å². The summed E-state index contributed by atoms with van der Waals surface area (Å²) in [6, 6.07) is 14.6. The third-order valence-corrected chi connectivity index (χ3v) is 3.67. The van der Waals surface area contributed by atoms with Crippen molar-refractivity contribution >= 4 is 28.5 Å². The van der Waals surface area contributed by atoms with Crippen LogP contribution >= 0.6 is 11.6 Å². The molecule has 0 spiro atoms. The topological polar surface area (TPSA) is 50.2 Å². The summed E-state index contributed by atoms with van der Waals surface area (Å²) in [5.41, 5.74) is 3.83. The summed E-state index contributed by atoms with van der Waals surface area (Å²) in [5.74, 6) is -0.985. The lowest BCUT2D eigenvalue weighted by Gasteiger charge is -2.07. The molecule has 3 rings (SSSR count). The number of nitrogens with zero attached hydrogens (tertiary/aromatic N) is 1. The Kier molecular flexibility index (Phi) is 3.35. The van der Waals surface area contributed by atoms with Gasteiger partial charge in [-0.15, -0.1) is 0 Å².